The van der Waals surface area contributed by atoms with Gasteiger partial charge in [-0.15, -0.1) is 0 Å². The standard InChI is InChI=1S/C10H12N2O2/c1-11(2)12-7-14-10(13)8-5-3-4-6-9(8)12/h3-6H,7H2,1-2H3. The van der Waals surface area contributed by atoms with E-state index < -0.39 is 0 Å². The zero-order valence-corrected chi connectivity index (χ0v) is 8.23. The van der Waals surface area contributed by atoms with Crippen molar-refractivity contribution in [2.45, 2.75) is 0 Å². The molecule has 1 heterocycles. The molecule has 0 unspecified atom stereocenters. The van der Waals surface area contributed by atoms with Gasteiger partial charge in [0.25, 0.3) is 0 Å². The summed E-state index contributed by atoms with van der Waals surface area (Å²) in [7, 11) is 3.83. The van der Waals surface area contributed by atoms with Crippen molar-refractivity contribution in [1.29, 1.82) is 0 Å². The van der Waals surface area contributed by atoms with Gasteiger partial charge in [0.05, 0.1) is 11.3 Å². The number of carbonyl (C=O) groups excluding carboxylic acids is 1. The second-order valence-electron chi connectivity index (χ2n) is 3.32. The van der Waals surface area contributed by atoms with E-state index in [-0.39, 0.29) is 12.7 Å². The van der Waals surface area contributed by atoms with Crippen LogP contribution in [0.4, 0.5) is 5.69 Å². The molecule has 0 bridgehead atoms. The Hall–Kier alpha value is -1.55. The molecule has 1 aliphatic rings. The van der Waals surface area contributed by atoms with Crippen LogP contribution < -0.4 is 5.01 Å². The Morgan fingerprint density at radius 3 is 2.79 bits per heavy atom. The van der Waals surface area contributed by atoms with E-state index in [0.29, 0.717) is 5.56 Å². The Bertz CT molecular complexity index is 363. The number of benzene rings is 1. The van der Waals surface area contributed by atoms with Crippen molar-refractivity contribution in [3.05, 3.63) is 29.8 Å². The van der Waals surface area contributed by atoms with Crippen LogP contribution in [0.2, 0.25) is 0 Å². The summed E-state index contributed by atoms with van der Waals surface area (Å²) in [5, 5.41) is 3.79. The van der Waals surface area contributed by atoms with E-state index in [2.05, 4.69) is 0 Å². The van der Waals surface area contributed by atoms with Gasteiger partial charge >= 0.3 is 5.97 Å². The Balaban J connectivity index is 2.46. The van der Waals surface area contributed by atoms with E-state index in [0.717, 1.165) is 5.69 Å². The second kappa shape index (κ2) is 3.31. The van der Waals surface area contributed by atoms with Crippen molar-refractivity contribution < 1.29 is 9.53 Å². The first-order chi connectivity index (χ1) is 6.70. The predicted octanol–water partition coefficient (Wildman–Crippen LogP) is 1.10. The van der Waals surface area contributed by atoms with Crippen LogP contribution in [0.5, 0.6) is 0 Å². The Morgan fingerprint density at radius 2 is 2.07 bits per heavy atom. The van der Waals surface area contributed by atoms with Crippen molar-refractivity contribution in [2.24, 2.45) is 0 Å². The largest absolute Gasteiger partial charge is 0.439 e. The summed E-state index contributed by atoms with van der Waals surface area (Å²) in [6.07, 6.45) is 0. The number of hydrogen-bond acceptors (Lipinski definition) is 4. The number of anilines is 1. The van der Waals surface area contributed by atoms with Gasteiger partial charge in [-0.25, -0.2) is 9.80 Å². The van der Waals surface area contributed by atoms with Crippen LogP contribution >= 0.6 is 0 Å². The fraction of sp³-hybridized carbons (Fsp3) is 0.300. The van der Waals surface area contributed by atoms with Gasteiger partial charge in [0.2, 0.25) is 0 Å². The van der Waals surface area contributed by atoms with E-state index in [4.69, 9.17) is 4.74 Å². The van der Waals surface area contributed by atoms with Gasteiger partial charge in [0.1, 0.15) is 0 Å². The number of carbonyl (C=O) groups is 1. The molecule has 1 aromatic rings. The molecule has 0 spiro atoms. The Labute approximate surface area is 82.7 Å². The van der Waals surface area contributed by atoms with E-state index in [9.17, 15) is 4.79 Å². The lowest BCUT2D eigenvalue weighted by atomic mass is 10.1. The van der Waals surface area contributed by atoms with Gasteiger partial charge in [0.15, 0.2) is 6.73 Å². The summed E-state index contributed by atoms with van der Waals surface area (Å²) in [6.45, 7) is 0.281. The maximum Gasteiger partial charge on any atom is 0.342 e. The molecular formula is C10H12N2O2. The molecule has 1 aliphatic heterocycles. The third-order valence-electron chi connectivity index (χ3n) is 2.20. The highest BCUT2D eigenvalue weighted by Gasteiger charge is 2.24. The highest BCUT2D eigenvalue weighted by atomic mass is 16.6. The van der Waals surface area contributed by atoms with Gasteiger partial charge in [0, 0.05) is 14.1 Å². The third-order valence-corrected chi connectivity index (χ3v) is 2.20. The number of fused-ring (bicyclic) bond motifs is 1. The van der Waals surface area contributed by atoms with Crippen molar-refractivity contribution >= 4 is 11.7 Å². The summed E-state index contributed by atoms with van der Waals surface area (Å²) < 4.78 is 5.02. The van der Waals surface area contributed by atoms with Gasteiger partial charge in [-0.3, -0.25) is 5.01 Å². The van der Waals surface area contributed by atoms with Crippen LogP contribution in [0.1, 0.15) is 10.4 Å². The highest BCUT2D eigenvalue weighted by Crippen LogP contribution is 2.25. The molecule has 0 aromatic heterocycles. The first-order valence-electron chi connectivity index (χ1n) is 4.41. The number of esters is 1. The molecule has 74 valence electrons. The summed E-state index contributed by atoms with van der Waals surface area (Å²) >= 11 is 0. The fourth-order valence-corrected chi connectivity index (χ4v) is 1.47. The van der Waals surface area contributed by atoms with Gasteiger partial charge in [-0.2, -0.15) is 0 Å². The maximum atomic E-state index is 11.4. The number of nitrogens with zero attached hydrogens (tertiary/aromatic N) is 2. The Kier molecular flexibility index (Phi) is 2.13. The Morgan fingerprint density at radius 1 is 1.36 bits per heavy atom. The van der Waals surface area contributed by atoms with Crippen LogP contribution in [0.3, 0.4) is 0 Å². The number of rotatable bonds is 1. The molecule has 14 heavy (non-hydrogen) atoms. The van der Waals surface area contributed by atoms with Gasteiger partial charge < -0.3 is 4.74 Å². The second-order valence-corrected chi connectivity index (χ2v) is 3.32. The fourth-order valence-electron chi connectivity index (χ4n) is 1.47. The minimum absolute atomic E-state index is 0.251. The molecule has 0 saturated carbocycles. The van der Waals surface area contributed by atoms with Crippen molar-refractivity contribution in [3.8, 4) is 0 Å². The number of ether oxygens (including phenoxy) is 1. The first-order valence-corrected chi connectivity index (χ1v) is 4.41. The molecule has 2 rings (SSSR count). The average molecular weight is 192 g/mol. The summed E-state index contributed by atoms with van der Waals surface area (Å²) in [4.78, 5) is 11.4. The minimum atomic E-state index is -0.251. The molecule has 0 N–H and O–H groups in total. The normalized spacial score (nSPS) is 15.4. The zero-order valence-electron chi connectivity index (χ0n) is 8.23. The zero-order chi connectivity index (χ0) is 10.1. The number of hydrazine groups is 1. The average Bonchev–Trinajstić information content (AvgIpc) is 2.18. The van der Waals surface area contributed by atoms with Gasteiger partial charge in [-0.05, 0) is 12.1 Å². The lowest BCUT2D eigenvalue weighted by Crippen LogP contribution is -2.43. The van der Waals surface area contributed by atoms with Crippen molar-refractivity contribution in [3.63, 3.8) is 0 Å². The van der Waals surface area contributed by atoms with Crippen molar-refractivity contribution in [2.75, 3.05) is 25.8 Å². The lowest BCUT2D eigenvalue weighted by molar-refractivity contribution is 0.0420. The maximum absolute atomic E-state index is 11.4. The van der Waals surface area contributed by atoms with Gasteiger partial charge in [-0.1, -0.05) is 12.1 Å². The van der Waals surface area contributed by atoms with Crippen LogP contribution in [0.25, 0.3) is 0 Å². The van der Waals surface area contributed by atoms with E-state index in [1.165, 1.54) is 0 Å². The minimum Gasteiger partial charge on any atom is -0.439 e. The summed E-state index contributed by atoms with van der Waals surface area (Å²) in [6, 6.07) is 7.43. The number of hydrogen-bond donors (Lipinski definition) is 0. The van der Waals surface area contributed by atoms with E-state index in [1.54, 1.807) is 6.07 Å². The smallest absolute Gasteiger partial charge is 0.342 e. The monoisotopic (exact) mass is 192 g/mol. The predicted molar refractivity (Wildman–Crippen MR) is 52.9 cm³/mol. The molecular weight excluding hydrogens is 180 g/mol. The number of cyclic esters (lactones) is 1. The molecule has 0 radical (unpaired) electrons. The molecule has 0 fully saturated rings. The van der Waals surface area contributed by atoms with Crippen LogP contribution in [-0.2, 0) is 4.74 Å². The molecule has 0 atom stereocenters. The SMILES string of the molecule is CN(C)N1COC(=O)c2ccccc21. The van der Waals surface area contributed by atoms with E-state index >= 15 is 0 Å². The molecule has 0 amide bonds. The van der Waals surface area contributed by atoms with Crippen LogP contribution in [0.15, 0.2) is 24.3 Å². The molecule has 4 heteroatoms. The van der Waals surface area contributed by atoms with E-state index in [1.807, 2.05) is 42.3 Å². The number of para-hydroxylation sites is 1. The molecule has 1 aromatic carbocycles. The topological polar surface area (TPSA) is 32.8 Å². The summed E-state index contributed by atoms with van der Waals surface area (Å²) in [5.74, 6) is -0.251. The van der Waals surface area contributed by atoms with Crippen LogP contribution in [-0.4, -0.2) is 31.8 Å². The molecule has 0 saturated heterocycles. The molecule has 0 aliphatic carbocycles. The van der Waals surface area contributed by atoms with Crippen LogP contribution in [0, 0.1) is 0 Å². The summed E-state index contributed by atoms with van der Waals surface area (Å²) in [5.41, 5.74) is 1.52. The molecule has 4 nitrogen and oxygen atoms in total. The lowest BCUT2D eigenvalue weighted by Gasteiger charge is -2.34. The third kappa shape index (κ3) is 1.33. The quantitative estimate of drug-likeness (QED) is 0.624. The van der Waals surface area contributed by atoms with Crippen molar-refractivity contribution in [1.82, 2.24) is 5.01 Å². The highest BCUT2D eigenvalue weighted by molar-refractivity contribution is 5.97. The first kappa shape index (κ1) is 9.02.